The van der Waals surface area contributed by atoms with E-state index in [0.717, 1.165) is 11.1 Å². The van der Waals surface area contributed by atoms with Crippen molar-refractivity contribution in [3.8, 4) is 11.5 Å². The molecule has 0 fully saturated rings. The van der Waals surface area contributed by atoms with E-state index in [0.29, 0.717) is 5.69 Å². The van der Waals surface area contributed by atoms with Gasteiger partial charge in [0, 0.05) is 18.3 Å². The van der Waals surface area contributed by atoms with Gasteiger partial charge in [-0.15, -0.1) is 0 Å². The lowest BCUT2D eigenvalue weighted by Crippen LogP contribution is -2.19. The van der Waals surface area contributed by atoms with Gasteiger partial charge in [-0.25, -0.2) is 0 Å². The van der Waals surface area contributed by atoms with Crippen molar-refractivity contribution in [2.75, 3.05) is 12.8 Å². The lowest BCUT2D eigenvalue weighted by molar-refractivity contribution is 0.0950. The van der Waals surface area contributed by atoms with Crippen LogP contribution >= 0.6 is 0 Å². The molecule has 0 saturated carbocycles. The largest absolute Gasteiger partial charge is 0.398 e. The fourth-order valence-corrected chi connectivity index (χ4v) is 1.42. The van der Waals surface area contributed by atoms with Crippen LogP contribution in [0, 0.1) is 6.92 Å². The van der Waals surface area contributed by atoms with Gasteiger partial charge in [-0.3, -0.25) is 4.79 Å². The summed E-state index contributed by atoms with van der Waals surface area (Å²) in [6, 6.07) is 5.39. The lowest BCUT2D eigenvalue weighted by Gasteiger charge is -2.02. The number of rotatable bonds is 2. The van der Waals surface area contributed by atoms with Crippen molar-refractivity contribution in [1.29, 1.82) is 0 Å². The maximum Gasteiger partial charge on any atom is 0.292 e. The Labute approximate surface area is 97.8 Å². The molecule has 0 bridgehead atoms. The van der Waals surface area contributed by atoms with Crippen LogP contribution in [0.3, 0.4) is 0 Å². The third kappa shape index (κ3) is 1.96. The standard InChI is InChI=1S/C11H12N4O2/c1-6-7(4-3-5-8(6)12)11-14-9(15-17-11)10(16)13-2/h3-5H,12H2,1-2H3,(H,13,16). The average molecular weight is 232 g/mol. The number of benzene rings is 1. The highest BCUT2D eigenvalue weighted by Gasteiger charge is 2.16. The highest BCUT2D eigenvalue weighted by molar-refractivity contribution is 5.90. The summed E-state index contributed by atoms with van der Waals surface area (Å²) < 4.78 is 5.03. The molecule has 0 unspecified atom stereocenters. The average Bonchev–Trinajstić information content (AvgIpc) is 2.81. The van der Waals surface area contributed by atoms with E-state index in [4.69, 9.17) is 10.3 Å². The van der Waals surface area contributed by atoms with Crippen molar-refractivity contribution < 1.29 is 9.32 Å². The molecular formula is C11H12N4O2. The van der Waals surface area contributed by atoms with Crippen molar-refractivity contribution >= 4 is 11.6 Å². The Kier molecular flexibility index (Phi) is 2.78. The molecule has 17 heavy (non-hydrogen) atoms. The van der Waals surface area contributed by atoms with E-state index >= 15 is 0 Å². The van der Waals surface area contributed by atoms with Crippen LogP contribution in [0.25, 0.3) is 11.5 Å². The fourth-order valence-electron chi connectivity index (χ4n) is 1.42. The minimum absolute atomic E-state index is 0.00400. The Hall–Kier alpha value is -2.37. The highest BCUT2D eigenvalue weighted by atomic mass is 16.5. The van der Waals surface area contributed by atoms with E-state index < -0.39 is 0 Å². The number of nitrogens with one attached hydrogen (secondary N) is 1. The molecule has 1 amide bonds. The Morgan fingerprint density at radius 3 is 2.94 bits per heavy atom. The van der Waals surface area contributed by atoms with E-state index in [1.165, 1.54) is 7.05 Å². The molecule has 2 rings (SSSR count). The van der Waals surface area contributed by atoms with Crippen molar-refractivity contribution in [3.05, 3.63) is 29.6 Å². The number of amides is 1. The predicted molar refractivity (Wildman–Crippen MR) is 62.3 cm³/mol. The predicted octanol–water partition coefficient (Wildman–Crippen LogP) is 0.987. The molecule has 88 valence electrons. The van der Waals surface area contributed by atoms with Crippen LogP contribution in [-0.4, -0.2) is 23.1 Å². The summed E-state index contributed by atoms with van der Waals surface area (Å²) in [7, 11) is 1.50. The number of hydrogen-bond donors (Lipinski definition) is 2. The van der Waals surface area contributed by atoms with Gasteiger partial charge in [0.1, 0.15) is 0 Å². The van der Waals surface area contributed by atoms with Crippen LogP contribution < -0.4 is 11.1 Å². The van der Waals surface area contributed by atoms with Crippen molar-refractivity contribution in [2.45, 2.75) is 6.92 Å². The normalized spacial score (nSPS) is 10.2. The van der Waals surface area contributed by atoms with Gasteiger partial charge in [0.05, 0.1) is 0 Å². The SMILES string of the molecule is CNC(=O)c1noc(-c2cccc(N)c2C)n1. The second kappa shape index (κ2) is 4.25. The first-order valence-electron chi connectivity index (χ1n) is 5.04. The number of nitrogens with zero attached hydrogens (tertiary/aromatic N) is 2. The molecule has 0 radical (unpaired) electrons. The zero-order valence-electron chi connectivity index (χ0n) is 9.52. The van der Waals surface area contributed by atoms with Crippen molar-refractivity contribution in [2.24, 2.45) is 0 Å². The van der Waals surface area contributed by atoms with E-state index in [1.54, 1.807) is 12.1 Å². The molecule has 3 N–H and O–H groups in total. The van der Waals surface area contributed by atoms with Crippen LogP contribution in [-0.2, 0) is 0 Å². The summed E-state index contributed by atoms with van der Waals surface area (Å²) in [5.74, 6) is -0.0979. The third-order valence-electron chi connectivity index (χ3n) is 2.46. The van der Waals surface area contributed by atoms with E-state index in [-0.39, 0.29) is 17.6 Å². The van der Waals surface area contributed by atoms with Crippen molar-refractivity contribution in [3.63, 3.8) is 0 Å². The summed E-state index contributed by atoms with van der Waals surface area (Å²) in [6.45, 7) is 1.86. The number of nitrogen functional groups attached to an aromatic ring is 1. The van der Waals surface area contributed by atoms with Gasteiger partial charge in [0.25, 0.3) is 17.6 Å². The quantitative estimate of drug-likeness (QED) is 0.753. The number of anilines is 1. The number of nitrogens with two attached hydrogens (primary N) is 1. The molecule has 1 aromatic carbocycles. The molecule has 6 nitrogen and oxygen atoms in total. The van der Waals surface area contributed by atoms with Crippen LogP contribution in [0.5, 0.6) is 0 Å². The van der Waals surface area contributed by atoms with Crippen LogP contribution in [0.15, 0.2) is 22.7 Å². The summed E-state index contributed by atoms with van der Waals surface area (Å²) in [6.07, 6.45) is 0. The molecule has 0 saturated heterocycles. The van der Waals surface area contributed by atoms with Crippen LogP contribution in [0.2, 0.25) is 0 Å². The molecule has 1 aromatic heterocycles. The van der Waals surface area contributed by atoms with Gasteiger partial charge >= 0.3 is 0 Å². The maximum atomic E-state index is 11.3. The molecule has 0 atom stereocenters. The number of carbonyl (C=O) groups is 1. The Morgan fingerprint density at radius 1 is 1.47 bits per heavy atom. The molecular weight excluding hydrogens is 220 g/mol. The third-order valence-corrected chi connectivity index (χ3v) is 2.46. The summed E-state index contributed by atoms with van der Waals surface area (Å²) in [5, 5.41) is 6.02. The minimum Gasteiger partial charge on any atom is -0.398 e. The number of carbonyl (C=O) groups excluding carboxylic acids is 1. The molecule has 2 aromatic rings. The van der Waals surface area contributed by atoms with Gasteiger partial charge < -0.3 is 15.6 Å². The first-order valence-corrected chi connectivity index (χ1v) is 5.04. The molecule has 1 heterocycles. The van der Waals surface area contributed by atoms with Crippen molar-refractivity contribution in [1.82, 2.24) is 15.5 Å². The number of hydrogen-bond acceptors (Lipinski definition) is 5. The zero-order valence-corrected chi connectivity index (χ0v) is 9.52. The second-order valence-electron chi connectivity index (χ2n) is 3.52. The highest BCUT2D eigenvalue weighted by Crippen LogP contribution is 2.25. The molecule has 0 aliphatic rings. The summed E-state index contributed by atoms with van der Waals surface area (Å²) in [4.78, 5) is 15.3. The Balaban J connectivity index is 2.44. The first-order chi connectivity index (χ1) is 8.13. The van der Waals surface area contributed by atoms with Crippen LogP contribution in [0.1, 0.15) is 16.2 Å². The summed E-state index contributed by atoms with van der Waals surface area (Å²) in [5.41, 5.74) is 8.00. The molecule has 0 spiro atoms. The maximum absolute atomic E-state index is 11.3. The Morgan fingerprint density at radius 2 is 2.24 bits per heavy atom. The smallest absolute Gasteiger partial charge is 0.292 e. The topological polar surface area (TPSA) is 94.0 Å². The van der Waals surface area contributed by atoms with Gasteiger partial charge in [-0.05, 0) is 24.6 Å². The van der Waals surface area contributed by atoms with Crippen LogP contribution in [0.4, 0.5) is 5.69 Å². The second-order valence-corrected chi connectivity index (χ2v) is 3.52. The first kappa shape index (κ1) is 11.1. The van der Waals surface area contributed by atoms with Gasteiger partial charge in [-0.1, -0.05) is 11.2 Å². The monoisotopic (exact) mass is 232 g/mol. The van der Waals surface area contributed by atoms with Gasteiger partial charge in [-0.2, -0.15) is 4.98 Å². The lowest BCUT2D eigenvalue weighted by atomic mass is 10.1. The van der Waals surface area contributed by atoms with E-state index in [1.807, 2.05) is 13.0 Å². The molecule has 0 aliphatic heterocycles. The van der Waals surface area contributed by atoms with Gasteiger partial charge in [0.15, 0.2) is 0 Å². The van der Waals surface area contributed by atoms with E-state index in [2.05, 4.69) is 15.5 Å². The van der Waals surface area contributed by atoms with Gasteiger partial charge in [0.2, 0.25) is 0 Å². The molecule has 6 heteroatoms. The number of aromatic nitrogens is 2. The summed E-state index contributed by atoms with van der Waals surface area (Å²) >= 11 is 0. The Bertz CT molecular complexity index is 562. The zero-order chi connectivity index (χ0) is 12.4. The minimum atomic E-state index is -0.387. The fraction of sp³-hybridized carbons (Fsp3) is 0.182. The van der Waals surface area contributed by atoms with E-state index in [9.17, 15) is 4.79 Å². The molecule has 0 aliphatic carbocycles.